The van der Waals surface area contributed by atoms with Crippen LogP contribution in [0.2, 0.25) is 0 Å². The summed E-state index contributed by atoms with van der Waals surface area (Å²) in [6.07, 6.45) is 5.65. The maximum absolute atomic E-state index is 13.4. The summed E-state index contributed by atoms with van der Waals surface area (Å²) in [7, 11) is 0. The number of fused-ring (bicyclic) bond motifs is 1. The lowest BCUT2D eigenvalue weighted by molar-refractivity contribution is -0.0783. The molecule has 3 atom stereocenters. The van der Waals surface area contributed by atoms with Gasteiger partial charge in [0.1, 0.15) is 17.2 Å². The van der Waals surface area contributed by atoms with Crippen molar-refractivity contribution in [2.24, 2.45) is 5.92 Å². The van der Waals surface area contributed by atoms with Gasteiger partial charge in [-0.05, 0) is 43.7 Å². The summed E-state index contributed by atoms with van der Waals surface area (Å²) in [5, 5.41) is 10.4. The molecule has 1 fully saturated rings. The highest BCUT2D eigenvalue weighted by molar-refractivity contribution is 5.38. The number of ether oxygens (including phenoxy) is 1. The fraction of sp³-hybridized carbons (Fsp3) is 0.625. The molecular weight excluding hydrogens is 243 g/mol. The lowest BCUT2D eigenvalue weighted by atomic mass is 9.69. The standard InChI is InChI=1S/C16H21FO2/c1-2-11-5-3-4-8-16(11)10-14(18)13-7-6-12(17)9-15(13)19-16/h6-7,9,11,14,18H,2-5,8,10H2,1H3/t11?,14-,16?/m0/s1. The topological polar surface area (TPSA) is 29.5 Å². The molecule has 3 heteroatoms. The summed E-state index contributed by atoms with van der Waals surface area (Å²) in [6, 6.07) is 4.45. The fourth-order valence-corrected chi connectivity index (χ4v) is 3.83. The molecule has 2 aliphatic rings. The number of rotatable bonds is 1. The molecule has 1 aliphatic heterocycles. The summed E-state index contributed by atoms with van der Waals surface area (Å²) in [4.78, 5) is 0. The van der Waals surface area contributed by atoms with Crippen LogP contribution < -0.4 is 4.74 Å². The van der Waals surface area contributed by atoms with Crippen LogP contribution in [0.25, 0.3) is 0 Å². The van der Waals surface area contributed by atoms with E-state index in [9.17, 15) is 9.50 Å². The molecule has 1 saturated carbocycles. The average Bonchev–Trinajstić information content (AvgIpc) is 2.38. The van der Waals surface area contributed by atoms with Crippen molar-refractivity contribution < 1.29 is 14.2 Å². The number of hydrogen-bond acceptors (Lipinski definition) is 2. The Bertz CT molecular complexity index is 474. The molecule has 19 heavy (non-hydrogen) atoms. The summed E-state index contributed by atoms with van der Waals surface area (Å²) >= 11 is 0. The largest absolute Gasteiger partial charge is 0.486 e. The molecule has 1 spiro atoms. The molecular formula is C16H21FO2. The van der Waals surface area contributed by atoms with E-state index in [1.807, 2.05) is 0 Å². The predicted octanol–water partition coefficient (Wildman–Crippen LogP) is 3.98. The molecule has 104 valence electrons. The second-order valence-electron chi connectivity index (χ2n) is 5.92. The van der Waals surface area contributed by atoms with Gasteiger partial charge in [-0.2, -0.15) is 0 Å². The van der Waals surface area contributed by atoms with Crippen LogP contribution in [0.3, 0.4) is 0 Å². The van der Waals surface area contributed by atoms with Crippen LogP contribution in [0, 0.1) is 11.7 Å². The van der Waals surface area contributed by atoms with Crippen molar-refractivity contribution in [3.8, 4) is 5.75 Å². The van der Waals surface area contributed by atoms with Crippen molar-refractivity contribution in [1.82, 2.24) is 0 Å². The van der Waals surface area contributed by atoms with Crippen LogP contribution in [0.15, 0.2) is 18.2 Å². The third kappa shape index (κ3) is 2.14. The van der Waals surface area contributed by atoms with Gasteiger partial charge in [0.05, 0.1) is 6.10 Å². The minimum absolute atomic E-state index is 0.285. The Hall–Kier alpha value is -1.09. The van der Waals surface area contributed by atoms with E-state index >= 15 is 0 Å². The first kappa shape index (κ1) is 12.9. The van der Waals surface area contributed by atoms with Gasteiger partial charge >= 0.3 is 0 Å². The molecule has 0 aromatic heterocycles. The highest BCUT2D eigenvalue weighted by Gasteiger charge is 2.46. The van der Waals surface area contributed by atoms with E-state index in [2.05, 4.69) is 6.92 Å². The van der Waals surface area contributed by atoms with E-state index in [-0.39, 0.29) is 11.4 Å². The number of halogens is 1. The summed E-state index contributed by atoms with van der Waals surface area (Å²) < 4.78 is 19.6. The molecule has 2 nitrogen and oxygen atoms in total. The van der Waals surface area contributed by atoms with Crippen molar-refractivity contribution in [1.29, 1.82) is 0 Å². The third-order valence-corrected chi connectivity index (χ3v) is 4.83. The van der Waals surface area contributed by atoms with Gasteiger partial charge < -0.3 is 9.84 Å². The quantitative estimate of drug-likeness (QED) is 0.831. The summed E-state index contributed by atoms with van der Waals surface area (Å²) in [5.41, 5.74) is 0.445. The Kier molecular flexibility index (Phi) is 3.25. The first-order valence-electron chi connectivity index (χ1n) is 7.31. The highest BCUT2D eigenvalue weighted by atomic mass is 19.1. The first-order valence-corrected chi connectivity index (χ1v) is 7.31. The third-order valence-electron chi connectivity index (χ3n) is 4.83. The molecule has 2 unspecified atom stereocenters. The first-order chi connectivity index (χ1) is 9.14. The zero-order chi connectivity index (χ0) is 13.5. The Labute approximate surface area is 113 Å². The van der Waals surface area contributed by atoms with Gasteiger partial charge in [0.2, 0.25) is 0 Å². The Morgan fingerprint density at radius 2 is 2.26 bits per heavy atom. The van der Waals surface area contributed by atoms with Gasteiger partial charge in [-0.1, -0.05) is 13.3 Å². The molecule has 1 aromatic rings. The van der Waals surface area contributed by atoms with E-state index in [1.165, 1.54) is 18.6 Å². The maximum Gasteiger partial charge on any atom is 0.128 e. The zero-order valence-corrected chi connectivity index (χ0v) is 11.4. The molecule has 1 N–H and O–H groups in total. The molecule has 0 saturated heterocycles. The van der Waals surface area contributed by atoms with Crippen LogP contribution in [-0.4, -0.2) is 10.7 Å². The van der Waals surface area contributed by atoms with Crippen LogP contribution >= 0.6 is 0 Å². The molecule has 1 aliphatic carbocycles. The Balaban J connectivity index is 1.98. The average molecular weight is 264 g/mol. The molecule has 0 amide bonds. The Morgan fingerprint density at radius 1 is 1.42 bits per heavy atom. The van der Waals surface area contributed by atoms with Crippen molar-refractivity contribution in [3.05, 3.63) is 29.6 Å². The Morgan fingerprint density at radius 3 is 3.05 bits per heavy atom. The minimum atomic E-state index is -0.531. The van der Waals surface area contributed by atoms with Crippen LogP contribution in [0.4, 0.5) is 4.39 Å². The van der Waals surface area contributed by atoms with Gasteiger partial charge in [-0.15, -0.1) is 0 Å². The molecule has 3 rings (SSSR count). The normalized spacial score (nSPS) is 33.8. The second-order valence-corrected chi connectivity index (χ2v) is 5.92. The van der Waals surface area contributed by atoms with Crippen LogP contribution in [-0.2, 0) is 0 Å². The molecule has 1 aromatic carbocycles. The molecule has 0 bridgehead atoms. The van der Waals surface area contributed by atoms with Crippen molar-refractivity contribution in [2.75, 3.05) is 0 Å². The van der Waals surface area contributed by atoms with E-state index < -0.39 is 6.10 Å². The molecule has 0 radical (unpaired) electrons. The van der Waals surface area contributed by atoms with Crippen LogP contribution in [0.5, 0.6) is 5.75 Å². The van der Waals surface area contributed by atoms with E-state index in [0.29, 0.717) is 18.1 Å². The van der Waals surface area contributed by atoms with Crippen molar-refractivity contribution in [3.63, 3.8) is 0 Å². The smallest absolute Gasteiger partial charge is 0.128 e. The van der Waals surface area contributed by atoms with Crippen molar-refractivity contribution in [2.45, 2.75) is 57.2 Å². The van der Waals surface area contributed by atoms with Gasteiger partial charge in [0, 0.05) is 18.1 Å². The van der Waals surface area contributed by atoms with Crippen molar-refractivity contribution >= 4 is 0 Å². The maximum atomic E-state index is 13.4. The minimum Gasteiger partial charge on any atom is -0.486 e. The second kappa shape index (κ2) is 4.78. The SMILES string of the molecule is CCC1CCCCC12C[C@H](O)c1ccc(F)cc1O2. The highest BCUT2D eigenvalue weighted by Crippen LogP contribution is 2.49. The van der Waals surface area contributed by atoms with Gasteiger partial charge in [-0.3, -0.25) is 0 Å². The number of aliphatic hydroxyl groups excluding tert-OH is 1. The van der Waals surface area contributed by atoms with Gasteiger partial charge in [0.25, 0.3) is 0 Å². The predicted molar refractivity (Wildman–Crippen MR) is 71.6 cm³/mol. The number of aliphatic hydroxyl groups is 1. The fourth-order valence-electron chi connectivity index (χ4n) is 3.83. The van der Waals surface area contributed by atoms with E-state index in [0.717, 1.165) is 31.2 Å². The molecule has 1 heterocycles. The summed E-state index contributed by atoms with van der Waals surface area (Å²) in [6.45, 7) is 2.18. The lowest BCUT2D eigenvalue weighted by Gasteiger charge is -2.48. The zero-order valence-electron chi connectivity index (χ0n) is 11.4. The lowest BCUT2D eigenvalue weighted by Crippen LogP contribution is -2.49. The monoisotopic (exact) mass is 264 g/mol. The van der Waals surface area contributed by atoms with E-state index in [1.54, 1.807) is 6.07 Å². The van der Waals surface area contributed by atoms with Crippen LogP contribution in [0.1, 0.15) is 57.1 Å². The summed E-state index contributed by atoms with van der Waals surface area (Å²) in [5.74, 6) is 0.707. The van der Waals surface area contributed by atoms with Gasteiger partial charge in [-0.25, -0.2) is 4.39 Å². The van der Waals surface area contributed by atoms with Gasteiger partial charge in [0.15, 0.2) is 0 Å². The number of hydrogen-bond donors (Lipinski definition) is 1. The van der Waals surface area contributed by atoms with E-state index in [4.69, 9.17) is 4.74 Å². The number of benzene rings is 1.